The van der Waals surface area contributed by atoms with Crippen molar-refractivity contribution in [3.05, 3.63) is 0 Å². The van der Waals surface area contributed by atoms with Gasteiger partial charge < -0.3 is 0 Å². The van der Waals surface area contributed by atoms with Crippen LogP contribution < -0.4 is 5.32 Å². The second kappa shape index (κ2) is 2.20. The first-order valence-electron chi connectivity index (χ1n) is 2.14. The van der Waals surface area contributed by atoms with E-state index in [2.05, 4.69) is 11.4 Å². The van der Waals surface area contributed by atoms with Crippen molar-refractivity contribution in [2.24, 2.45) is 0 Å². The predicted octanol–water partition coefficient (Wildman–Crippen LogP) is 0.172. The van der Waals surface area contributed by atoms with Crippen molar-refractivity contribution >= 4 is 11.8 Å². The molecule has 0 aliphatic carbocycles. The molecule has 0 radical (unpaired) electrons. The van der Waals surface area contributed by atoms with Gasteiger partial charge in [0.1, 0.15) is 6.04 Å². The summed E-state index contributed by atoms with van der Waals surface area (Å²) in [5, 5.41) is 11.2. The van der Waals surface area contributed by atoms with Gasteiger partial charge in [-0.1, -0.05) is 0 Å². The number of rotatable bonds is 0. The van der Waals surface area contributed by atoms with Gasteiger partial charge in [-0.25, -0.2) is 0 Å². The van der Waals surface area contributed by atoms with E-state index in [1.807, 2.05) is 0 Å². The van der Waals surface area contributed by atoms with E-state index in [4.69, 9.17) is 5.26 Å². The van der Waals surface area contributed by atoms with Crippen LogP contribution in [-0.4, -0.2) is 17.7 Å². The fraction of sp³-hybridized carbons (Fsp3) is 0.750. The molecule has 3 heteroatoms. The fourth-order valence-corrected chi connectivity index (χ4v) is 1.34. The van der Waals surface area contributed by atoms with Gasteiger partial charge in [-0.3, -0.25) is 5.32 Å². The van der Waals surface area contributed by atoms with Crippen LogP contribution in [0.2, 0.25) is 0 Å². The second-order valence-corrected chi connectivity index (χ2v) is 2.43. The number of thioether (sulfide) groups is 1. The van der Waals surface area contributed by atoms with Crippen molar-refractivity contribution in [2.45, 2.75) is 6.04 Å². The maximum absolute atomic E-state index is 8.24. The molecule has 7 heavy (non-hydrogen) atoms. The zero-order valence-electron chi connectivity index (χ0n) is 3.85. The van der Waals surface area contributed by atoms with Crippen molar-refractivity contribution in [2.75, 3.05) is 11.6 Å². The van der Waals surface area contributed by atoms with Crippen molar-refractivity contribution in [1.29, 1.82) is 5.26 Å². The standard InChI is InChI=1S/C4H6N2S/c5-1-4-2-7-3-6-4/h4,6H,2-3H2/t4-/m1/s1. The van der Waals surface area contributed by atoms with E-state index in [0.717, 1.165) is 11.6 Å². The van der Waals surface area contributed by atoms with Crippen LogP contribution in [0.3, 0.4) is 0 Å². The van der Waals surface area contributed by atoms with Gasteiger partial charge in [0.05, 0.1) is 6.07 Å². The smallest absolute Gasteiger partial charge is 0.105 e. The summed E-state index contributed by atoms with van der Waals surface area (Å²) in [5.74, 6) is 1.90. The molecule has 1 rings (SSSR count). The molecule has 1 heterocycles. The van der Waals surface area contributed by atoms with Crippen molar-refractivity contribution < 1.29 is 0 Å². The molecule has 0 aromatic heterocycles. The number of hydrogen-bond acceptors (Lipinski definition) is 3. The summed E-state index contributed by atoms with van der Waals surface area (Å²) in [7, 11) is 0. The van der Waals surface area contributed by atoms with Gasteiger partial charge in [0, 0.05) is 11.6 Å². The van der Waals surface area contributed by atoms with E-state index >= 15 is 0 Å². The molecule has 0 unspecified atom stereocenters. The molecule has 1 N–H and O–H groups in total. The molecule has 2 nitrogen and oxygen atoms in total. The molecule has 1 aliphatic heterocycles. The summed E-state index contributed by atoms with van der Waals surface area (Å²) in [5.41, 5.74) is 0. The van der Waals surface area contributed by atoms with Crippen LogP contribution in [0.5, 0.6) is 0 Å². The minimum absolute atomic E-state index is 0.116. The largest absolute Gasteiger partial charge is 0.292 e. The third kappa shape index (κ3) is 1.08. The van der Waals surface area contributed by atoms with E-state index in [1.165, 1.54) is 0 Å². The zero-order valence-corrected chi connectivity index (χ0v) is 4.66. The predicted molar refractivity (Wildman–Crippen MR) is 29.9 cm³/mol. The summed E-state index contributed by atoms with van der Waals surface area (Å²) < 4.78 is 0. The Hall–Kier alpha value is -0.200. The average Bonchev–Trinajstić information content (AvgIpc) is 2.14. The van der Waals surface area contributed by atoms with Gasteiger partial charge in [0.25, 0.3) is 0 Å². The number of hydrogen-bond donors (Lipinski definition) is 1. The lowest BCUT2D eigenvalue weighted by Crippen LogP contribution is -2.20. The van der Waals surface area contributed by atoms with Crippen LogP contribution in [0.1, 0.15) is 0 Å². The first-order chi connectivity index (χ1) is 3.43. The van der Waals surface area contributed by atoms with Gasteiger partial charge >= 0.3 is 0 Å². The first kappa shape index (κ1) is 4.95. The summed E-state index contributed by atoms with van der Waals surface area (Å²) in [6.45, 7) is 0. The number of nitrogens with one attached hydrogen (secondary N) is 1. The molecular formula is C4H6N2S. The third-order valence-corrected chi connectivity index (χ3v) is 1.81. The van der Waals surface area contributed by atoms with Crippen LogP contribution >= 0.6 is 11.8 Å². The molecule has 0 aromatic rings. The monoisotopic (exact) mass is 114 g/mol. The SMILES string of the molecule is N#C[C@@H]1CSCN1. The van der Waals surface area contributed by atoms with E-state index < -0.39 is 0 Å². The first-order valence-corrected chi connectivity index (χ1v) is 3.29. The molecule has 1 saturated heterocycles. The van der Waals surface area contributed by atoms with E-state index in [9.17, 15) is 0 Å². The Bertz CT molecular complexity index is 90.4. The maximum atomic E-state index is 8.24. The van der Waals surface area contributed by atoms with Crippen molar-refractivity contribution in [3.8, 4) is 6.07 Å². The van der Waals surface area contributed by atoms with Crippen LogP contribution in [0.15, 0.2) is 0 Å². The number of nitriles is 1. The highest BCUT2D eigenvalue weighted by atomic mass is 32.2. The average molecular weight is 114 g/mol. The van der Waals surface area contributed by atoms with Gasteiger partial charge in [0.2, 0.25) is 0 Å². The van der Waals surface area contributed by atoms with E-state index in [0.29, 0.717) is 0 Å². The van der Waals surface area contributed by atoms with Gasteiger partial charge in [-0.05, 0) is 0 Å². The lowest BCUT2D eigenvalue weighted by molar-refractivity contribution is 0.765. The molecule has 0 saturated carbocycles. The Morgan fingerprint density at radius 2 is 2.71 bits per heavy atom. The molecule has 0 bridgehead atoms. The van der Waals surface area contributed by atoms with Crippen LogP contribution in [0, 0.1) is 11.3 Å². The molecule has 38 valence electrons. The third-order valence-electron chi connectivity index (χ3n) is 0.872. The Morgan fingerprint density at radius 1 is 1.86 bits per heavy atom. The highest BCUT2D eigenvalue weighted by Crippen LogP contribution is 2.07. The van der Waals surface area contributed by atoms with Crippen molar-refractivity contribution in [3.63, 3.8) is 0 Å². The molecular weight excluding hydrogens is 108 g/mol. The molecule has 1 fully saturated rings. The highest BCUT2D eigenvalue weighted by molar-refractivity contribution is 7.99. The van der Waals surface area contributed by atoms with Gasteiger partial charge in [0.15, 0.2) is 0 Å². The molecule has 1 atom stereocenters. The Labute approximate surface area is 46.9 Å². The summed E-state index contributed by atoms with van der Waals surface area (Å²) in [6, 6.07) is 2.25. The summed E-state index contributed by atoms with van der Waals surface area (Å²) in [6.07, 6.45) is 0. The molecule has 0 amide bonds. The molecule has 0 aromatic carbocycles. The van der Waals surface area contributed by atoms with E-state index in [-0.39, 0.29) is 6.04 Å². The lowest BCUT2D eigenvalue weighted by Gasteiger charge is -1.90. The van der Waals surface area contributed by atoms with Crippen LogP contribution in [0.25, 0.3) is 0 Å². The Kier molecular flexibility index (Phi) is 1.55. The zero-order chi connectivity index (χ0) is 5.11. The normalized spacial score (nSPS) is 29.9. The number of nitrogens with zero attached hydrogens (tertiary/aromatic N) is 1. The van der Waals surface area contributed by atoms with E-state index in [1.54, 1.807) is 11.8 Å². The summed E-state index contributed by atoms with van der Waals surface area (Å²) >= 11 is 1.77. The minimum Gasteiger partial charge on any atom is -0.292 e. The fourth-order valence-electron chi connectivity index (χ4n) is 0.478. The Balaban J connectivity index is 2.31. The van der Waals surface area contributed by atoms with Crippen LogP contribution in [0.4, 0.5) is 0 Å². The summed E-state index contributed by atoms with van der Waals surface area (Å²) in [4.78, 5) is 0. The highest BCUT2D eigenvalue weighted by Gasteiger charge is 2.11. The second-order valence-electron chi connectivity index (χ2n) is 1.40. The van der Waals surface area contributed by atoms with Crippen molar-refractivity contribution in [1.82, 2.24) is 5.32 Å². The maximum Gasteiger partial charge on any atom is 0.105 e. The minimum atomic E-state index is 0.116. The van der Waals surface area contributed by atoms with Gasteiger partial charge in [-0.2, -0.15) is 5.26 Å². The van der Waals surface area contributed by atoms with Gasteiger partial charge in [-0.15, -0.1) is 11.8 Å². The quantitative estimate of drug-likeness (QED) is 0.487. The topological polar surface area (TPSA) is 35.8 Å². The molecule has 0 spiro atoms. The molecule has 1 aliphatic rings. The lowest BCUT2D eigenvalue weighted by atomic mass is 10.4. The Morgan fingerprint density at radius 3 is 3.00 bits per heavy atom. The van der Waals surface area contributed by atoms with Crippen LogP contribution in [-0.2, 0) is 0 Å².